The van der Waals surface area contributed by atoms with Gasteiger partial charge in [-0.2, -0.15) is 4.98 Å². The van der Waals surface area contributed by atoms with Crippen molar-refractivity contribution in [2.24, 2.45) is 0 Å². The molecule has 3 heterocycles. The highest BCUT2D eigenvalue weighted by molar-refractivity contribution is 5.76. The lowest BCUT2D eigenvalue weighted by Crippen LogP contribution is -2.02. The third kappa shape index (κ3) is 2.32. The Labute approximate surface area is 146 Å². The maximum absolute atomic E-state index is 10.8. The van der Waals surface area contributed by atoms with Gasteiger partial charge in [-0.3, -0.25) is 14.7 Å². The molecule has 0 aliphatic heterocycles. The first kappa shape index (κ1) is 14.7. The van der Waals surface area contributed by atoms with E-state index in [1.807, 2.05) is 41.0 Å². The number of hydrogen-bond donors (Lipinski definition) is 0. The minimum Gasteiger partial charge on any atom is -0.338 e. The molecule has 3 aromatic heterocycles. The zero-order valence-electron chi connectivity index (χ0n) is 13.4. The Kier molecular flexibility index (Phi) is 3.08. The van der Waals surface area contributed by atoms with E-state index in [2.05, 4.69) is 20.1 Å². The van der Waals surface area contributed by atoms with Gasteiger partial charge in [-0.1, -0.05) is 17.3 Å². The topological polar surface area (TPSA) is 113 Å². The van der Waals surface area contributed by atoms with Crippen molar-refractivity contribution >= 4 is 11.0 Å². The molecule has 1 saturated carbocycles. The minimum atomic E-state index is -0.613. The number of aromatic nitrogens is 5. The molecule has 1 aliphatic carbocycles. The van der Waals surface area contributed by atoms with Gasteiger partial charge in [-0.25, -0.2) is 9.97 Å². The predicted molar refractivity (Wildman–Crippen MR) is 90.3 cm³/mol. The van der Waals surface area contributed by atoms with Crippen LogP contribution in [0.1, 0.15) is 18.2 Å². The summed E-state index contributed by atoms with van der Waals surface area (Å²) < 4.78 is 7.07. The van der Waals surface area contributed by atoms with E-state index in [0.29, 0.717) is 23.7 Å². The fraction of sp³-hybridized carbons (Fsp3) is 0.176. The fourth-order valence-corrected chi connectivity index (χ4v) is 2.99. The highest BCUT2D eigenvalue weighted by Gasteiger charge is 2.53. The van der Waals surface area contributed by atoms with Gasteiger partial charge in [0.15, 0.2) is 0 Å². The first-order chi connectivity index (χ1) is 12.7. The van der Waals surface area contributed by atoms with Crippen LogP contribution in [0.2, 0.25) is 0 Å². The number of pyridine rings is 1. The monoisotopic (exact) mass is 348 g/mol. The average Bonchev–Trinajstić information content (AvgIpc) is 3.13. The number of hydrogen-bond acceptors (Lipinski definition) is 7. The lowest BCUT2D eigenvalue weighted by molar-refractivity contribution is -0.496. The van der Waals surface area contributed by atoms with Gasteiger partial charge in [0.2, 0.25) is 17.8 Å². The summed E-state index contributed by atoms with van der Waals surface area (Å²) in [4.78, 5) is 23.5. The summed E-state index contributed by atoms with van der Waals surface area (Å²) in [5.41, 5.74) is 2.55. The molecule has 1 aromatic carbocycles. The second kappa shape index (κ2) is 5.45. The summed E-state index contributed by atoms with van der Waals surface area (Å²) in [5.74, 6) is 1.13. The average molecular weight is 348 g/mol. The summed E-state index contributed by atoms with van der Waals surface area (Å²) >= 11 is 0. The molecule has 0 unspecified atom stereocenters. The van der Waals surface area contributed by atoms with Crippen LogP contribution in [0.4, 0.5) is 0 Å². The van der Waals surface area contributed by atoms with E-state index < -0.39 is 6.04 Å². The molecule has 0 saturated heterocycles. The van der Waals surface area contributed by atoms with Gasteiger partial charge in [0.05, 0.1) is 11.0 Å². The summed E-state index contributed by atoms with van der Waals surface area (Å²) in [6, 6.07) is 10.9. The van der Waals surface area contributed by atoms with Crippen molar-refractivity contribution < 1.29 is 9.45 Å². The number of benzene rings is 1. The van der Waals surface area contributed by atoms with E-state index in [1.165, 1.54) is 0 Å². The molecule has 1 fully saturated rings. The molecule has 5 rings (SSSR count). The van der Waals surface area contributed by atoms with Crippen molar-refractivity contribution in [2.45, 2.75) is 18.4 Å². The van der Waals surface area contributed by atoms with Crippen LogP contribution >= 0.6 is 0 Å². The quantitative estimate of drug-likeness (QED) is 0.411. The minimum absolute atomic E-state index is 0.282. The largest absolute Gasteiger partial charge is 0.338 e. The van der Waals surface area contributed by atoms with E-state index in [9.17, 15) is 10.1 Å². The lowest BCUT2D eigenvalue weighted by Gasteiger charge is -2.03. The maximum atomic E-state index is 10.8. The molecule has 2 atom stereocenters. The van der Waals surface area contributed by atoms with Crippen LogP contribution in [0.15, 0.2) is 53.4 Å². The Bertz CT molecular complexity index is 1120. The number of nitro groups is 1. The number of fused-ring (bicyclic) bond motifs is 1. The van der Waals surface area contributed by atoms with E-state index in [0.717, 1.165) is 16.9 Å². The van der Waals surface area contributed by atoms with E-state index in [-0.39, 0.29) is 10.8 Å². The van der Waals surface area contributed by atoms with Crippen molar-refractivity contribution in [1.29, 1.82) is 0 Å². The Hall–Kier alpha value is -3.62. The fourth-order valence-electron chi connectivity index (χ4n) is 2.99. The SMILES string of the molecule is O=[N+]([O-])[C@@H]1C[C@@H]1c1nc(-c2ccc(-n3cnc4ccccc43)nc2)no1. The van der Waals surface area contributed by atoms with E-state index in [4.69, 9.17) is 4.52 Å². The third-order valence-corrected chi connectivity index (χ3v) is 4.49. The van der Waals surface area contributed by atoms with Gasteiger partial charge in [-0.05, 0) is 24.3 Å². The highest BCUT2D eigenvalue weighted by Crippen LogP contribution is 2.42. The molecule has 1 aliphatic rings. The molecular formula is C17H12N6O3. The normalized spacial score (nSPS) is 18.9. The van der Waals surface area contributed by atoms with Crippen LogP contribution in [0, 0.1) is 10.1 Å². The van der Waals surface area contributed by atoms with Crippen LogP contribution in [0.5, 0.6) is 0 Å². The molecule has 26 heavy (non-hydrogen) atoms. The summed E-state index contributed by atoms with van der Waals surface area (Å²) in [5, 5.41) is 14.7. The van der Waals surface area contributed by atoms with Crippen molar-refractivity contribution in [3.05, 3.63) is 64.9 Å². The standard InChI is InChI=1S/C17H12N6O3/c24-23(25)14-7-11(14)17-20-16(21-26-17)10-5-6-15(18-8-10)22-9-19-12-3-1-2-4-13(12)22/h1-6,8-9,11,14H,7H2/t11-,14+/m0/s1. The smallest absolute Gasteiger partial charge is 0.237 e. The molecule has 9 heteroatoms. The van der Waals surface area contributed by atoms with Crippen molar-refractivity contribution in [2.75, 3.05) is 0 Å². The number of imidazole rings is 1. The molecule has 9 nitrogen and oxygen atoms in total. The maximum Gasteiger partial charge on any atom is 0.237 e. The number of nitrogens with zero attached hydrogens (tertiary/aromatic N) is 6. The van der Waals surface area contributed by atoms with E-state index in [1.54, 1.807) is 12.5 Å². The lowest BCUT2D eigenvalue weighted by atomic mass is 10.2. The van der Waals surface area contributed by atoms with Crippen LogP contribution in [-0.2, 0) is 0 Å². The molecule has 0 amide bonds. The number of rotatable bonds is 4. The molecule has 4 aromatic rings. The van der Waals surface area contributed by atoms with Crippen LogP contribution in [-0.4, -0.2) is 35.6 Å². The molecule has 0 bridgehead atoms. The Balaban J connectivity index is 1.42. The van der Waals surface area contributed by atoms with Crippen LogP contribution in [0.25, 0.3) is 28.2 Å². The molecular weight excluding hydrogens is 336 g/mol. The van der Waals surface area contributed by atoms with Crippen molar-refractivity contribution in [3.8, 4) is 17.2 Å². The highest BCUT2D eigenvalue weighted by atomic mass is 16.6. The first-order valence-electron chi connectivity index (χ1n) is 8.07. The van der Waals surface area contributed by atoms with Crippen LogP contribution in [0.3, 0.4) is 0 Å². The molecule has 128 valence electrons. The summed E-state index contributed by atoms with van der Waals surface area (Å²) in [6.45, 7) is 0. The third-order valence-electron chi connectivity index (χ3n) is 4.49. The van der Waals surface area contributed by atoms with Gasteiger partial charge in [0.1, 0.15) is 18.1 Å². The van der Waals surface area contributed by atoms with Gasteiger partial charge in [-0.15, -0.1) is 0 Å². The van der Waals surface area contributed by atoms with E-state index >= 15 is 0 Å². The zero-order chi connectivity index (χ0) is 17.7. The van der Waals surface area contributed by atoms with Gasteiger partial charge in [0, 0.05) is 23.1 Å². The summed E-state index contributed by atoms with van der Waals surface area (Å²) in [6.07, 6.45) is 3.82. The molecule has 0 spiro atoms. The first-order valence-corrected chi connectivity index (χ1v) is 8.07. The van der Waals surface area contributed by atoms with Gasteiger partial charge >= 0.3 is 0 Å². The predicted octanol–water partition coefficient (Wildman–Crippen LogP) is 2.60. The molecule has 0 N–H and O–H groups in total. The molecule has 0 radical (unpaired) electrons. The Morgan fingerprint density at radius 2 is 2.08 bits per heavy atom. The Morgan fingerprint density at radius 3 is 2.85 bits per heavy atom. The van der Waals surface area contributed by atoms with Crippen molar-refractivity contribution in [3.63, 3.8) is 0 Å². The number of para-hydroxylation sites is 2. The van der Waals surface area contributed by atoms with Crippen molar-refractivity contribution in [1.82, 2.24) is 24.7 Å². The summed E-state index contributed by atoms with van der Waals surface area (Å²) in [7, 11) is 0. The van der Waals surface area contributed by atoms with Crippen LogP contribution < -0.4 is 0 Å². The van der Waals surface area contributed by atoms with Gasteiger partial charge in [0.25, 0.3) is 0 Å². The second-order valence-electron chi connectivity index (χ2n) is 6.16. The van der Waals surface area contributed by atoms with Gasteiger partial charge < -0.3 is 4.52 Å². The second-order valence-corrected chi connectivity index (χ2v) is 6.16. The Morgan fingerprint density at radius 1 is 1.19 bits per heavy atom. The zero-order valence-corrected chi connectivity index (χ0v) is 13.4.